The van der Waals surface area contributed by atoms with Gasteiger partial charge in [0.1, 0.15) is 11.6 Å². The maximum atomic E-state index is 14.0. The van der Waals surface area contributed by atoms with E-state index in [9.17, 15) is 4.39 Å². The second-order valence-corrected chi connectivity index (χ2v) is 4.61. The second-order valence-electron chi connectivity index (χ2n) is 4.61. The number of hydrogen-bond donors (Lipinski definition) is 2. The molecule has 0 bridgehead atoms. The van der Waals surface area contributed by atoms with E-state index in [1.165, 1.54) is 19.2 Å². The zero-order valence-electron chi connectivity index (χ0n) is 11.4. The highest BCUT2D eigenvalue weighted by Crippen LogP contribution is 2.30. The molecule has 3 aromatic rings. The number of methoxy groups -OCH3 is 1. The monoisotopic (exact) mass is 283 g/mol. The summed E-state index contributed by atoms with van der Waals surface area (Å²) < 4.78 is 19.1. The molecule has 106 valence electrons. The molecule has 0 radical (unpaired) electrons. The number of ether oxygens (including phenoxy) is 1. The normalized spacial score (nSPS) is 10.6. The third-order valence-electron chi connectivity index (χ3n) is 3.20. The number of rotatable bonds is 3. The Morgan fingerprint density at radius 3 is 2.86 bits per heavy atom. The predicted molar refractivity (Wildman–Crippen MR) is 82.4 cm³/mol. The van der Waals surface area contributed by atoms with Gasteiger partial charge in [-0.15, -0.1) is 0 Å². The smallest absolute Gasteiger partial charge is 0.148 e. The molecule has 0 unspecified atom stereocenters. The second kappa shape index (κ2) is 5.28. The van der Waals surface area contributed by atoms with E-state index in [-0.39, 0.29) is 5.69 Å². The van der Waals surface area contributed by atoms with Crippen LogP contribution in [0.4, 0.5) is 21.5 Å². The van der Waals surface area contributed by atoms with Gasteiger partial charge in [-0.25, -0.2) is 4.39 Å². The minimum atomic E-state index is -0.431. The lowest BCUT2D eigenvalue weighted by molar-refractivity contribution is 0.416. The van der Waals surface area contributed by atoms with Gasteiger partial charge in [-0.3, -0.25) is 4.98 Å². The van der Waals surface area contributed by atoms with E-state index in [0.717, 1.165) is 16.6 Å². The number of fused-ring (bicyclic) bond motifs is 1. The SMILES string of the molecule is COc1cc(Nc2ccc3ncccc3c2)c(F)cc1N. The Morgan fingerprint density at radius 1 is 1.19 bits per heavy atom. The molecule has 0 aliphatic rings. The Labute approximate surface area is 121 Å². The summed E-state index contributed by atoms with van der Waals surface area (Å²) in [4.78, 5) is 4.25. The number of hydrogen-bond acceptors (Lipinski definition) is 4. The molecule has 0 aliphatic carbocycles. The van der Waals surface area contributed by atoms with E-state index in [1.807, 2.05) is 30.3 Å². The van der Waals surface area contributed by atoms with Crippen molar-refractivity contribution < 1.29 is 9.13 Å². The molecular weight excluding hydrogens is 269 g/mol. The average molecular weight is 283 g/mol. The van der Waals surface area contributed by atoms with Crippen LogP contribution in [0.5, 0.6) is 5.75 Å². The molecule has 3 N–H and O–H groups in total. The molecule has 0 saturated heterocycles. The number of nitrogens with two attached hydrogens (primary N) is 1. The Hall–Kier alpha value is -2.82. The molecule has 0 aliphatic heterocycles. The Kier molecular flexibility index (Phi) is 3.31. The number of nitrogens with one attached hydrogen (secondary N) is 1. The maximum Gasteiger partial charge on any atom is 0.148 e. The van der Waals surface area contributed by atoms with E-state index < -0.39 is 5.82 Å². The fourth-order valence-corrected chi connectivity index (χ4v) is 2.15. The van der Waals surface area contributed by atoms with Gasteiger partial charge in [0, 0.05) is 29.4 Å². The number of pyridine rings is 1. The first kappa shape index (κ1) is 13.2. The van der Waals surface area contributed by atoms with Crippen LogP contribution >= 0.6 is 0 Å². The third-order valence-corrected chi connectivity index (χ3v) is 3.20. The summed E-state index contributed by atoms with van der Waals surface area (Å²) in [6.07, 6.45) is 1.74. The summed E-state index contributed by atoms with van der Waals surface area (Å²) >= 11 is 0. The van der Waals surface area contributed by atoms with Crippen molar-refractivity contribution in [1.82, 2.24) is 4.98 Å². The minimum absolute atomic E-state index is 0.267. The molecule has 21 heavy (non-hydrogen) atoms. The maximum absolute atomic E-state index is 14.0. The summed E-state index contributed by atoms with van der Waals surface area (Å²) in [5, 5.41) is 4.01. The average Bonchev–Trinajstić information content (AvgIpc) is 2.50. The standard InChI is InChI=1S/C16H14FN3O/c1-21-16-9-15(12(17)8-13(16)18)20-11-4-5-14-10(7-11)3-2-6-19-14/h2-9,20H,18H2,1H3. The topological polar surface area (TPSA) is 60.2 Å². The molecular formula is C16H14FN3O. The predicted octanol–water partition coefficient (Wildman–Crippen LogP) is 3.71. The molecule has 1 heterocycles. The van der Waals surface area contributed by atoms with Crippen LogP contribution in [0.3, 0.4) is 0 Å². The number of anilines is 3. The van der Waals surface area contributed by atoms with Gasteiger partial charge in [0.25, 0.3) is 0 Å². The highest BCUT2D eigenvalue weighted by atomic mass is 19.1. The molecule has 1 aromatic heterocycles. The molecule has 0 fully saturated rings. The van der Waals surface area contributed by atoms with Crippen molar-refractivity contribution in [3.05, 3.63) is 54.5 Å². The zero-order chi connectivity index (χ0) is 14.8. The fraction of sp³-hybridized carbons (Fsp3) is 0.0625. The summed E-state index contributed by atoms with van der Waals surface area (Å²) in [5.74, 6) is 0.000870. The van der Waals surface area contributed by atoms with Crippen LogP contribution in [0.15, 0.2) is 48.7 Å². The number of nitrogens with zero attached hydrogens (tertiary/aromatic N) is 1. The van der Waals surface area contributed by atoms with Crippen LogP contribution in [0.1, 0.15) is 0 Å². The van der Waals surface area contributed by atoms with Gasteiger partial charge in [-0.1, -0.05) is 6.07 Å². The van der Waals surface area contributed by atoms with Crippen LogP contribution in [0, 0.1) is 5.82 Å². The summed E-state index contributed by atoms with van der Waals surface area (Å²) in [7, 11) is 1.50. The Balaban J connectivity index is 1.98. The van der Waals surface area contributed by atoms with Crippen LogP contribution in [0.25, 0.3) is 10.9 Å². The summed E-state index contributed by atoms with van der Waals surface area (Å²) in [6, 6.07) is 12.2. The van der Waals surface area contributed by atoms with Crippen molar-refractivity contribution in [3.8, 4) is 5.75 Å². The molecule has 0 atom stereocenters. The molecule has 0 saturated carbocycles. The van der Waals surface area contributed by atoms with Crippen molar-refractivity contribution in [2.75, 3.05) is 18.2 Å². The highest BCUT2D eigenvalue weighted by Gasteiger charge is 2.09. The van der Waals surface area contributed by atoms with E-state index in [4.69, 9.17) is 10.5 Å². The lowest BCUT2D eigenvalue weighted by Gasteiger charge is -2.11. The van der Waals surface area contributed by atoms with Crippen molar-refractivity contribution in [3.63, 3.8) is 0 Å². The van der Waals surface area contributed by atoms with Crippen molar-refractivity contribution >= 4 is 28.0 Å². The quantitative estimate of drug-likeness (QED) is 0.719. The highest BCUT2D eigenvalue weighted by molar-refractivity contribution is 5.83. The lowest BCUT2D eigenvalue weighted by atomic mass is 10.2. The molecule has 3 rings (SSSR count). The van der Waals surface area contributed by atoms with Crippen molar-refractivity contribution in [1.29, 1.82) is 0 Å². The van der Waals surface area contributed by atoms with Crippen LogP contribution in [-0.4, -0.2) is 12.1 Å². The van der Waals surface area contributed by atoms with Crippen LogP contribution in [-0.2, 0) is 0 Å². The number of halogens is 1. The summed E-state index contributed by atoms with van der Waals surface area (Å²) in [6.45, 7) is 0. The lowest BCUT2D eigenvalue weighted by Crippen LogP contribution is -1.99. The first-order valence-corrected chi connectivity index (χ1v) is 6.42. The van der Waals surface area contributed by atoms with Gasteiger partial charge < -0.3 is 15.8 Å². The third kappa shape index (κ3) is 2.58. The van der Waals surface area contributed by atoms with Crippen molar-refractivity contribution in [2.24, 2.45) is 0 Å². The van der Waals surface area contributed by atoms with E-state index in [1.54, 1.807) is 6.20 Å². The summed E-state index contributed by atoms with van der Waals surface area (Å²) in [5.41, 5.74) is 7.90. The van der Waals surface area contributed by atoms with Gasteiger partial charge in [0.15, 0.2) is 0 Å². The number of nitrogen functional groups attached to an aromatic ring is 1. The minimum Gasteiger partial charge on any atom is -0.495 e. The molecule has 2 aromatic carbocycles. The van der Waals surface area contributed by atoms with Gasteiger partial charge >= 0.3 is 0 Å². The van der Waals surface area contributed by atoms with Gasteiger partial charge in [-0.2, -0.15) is 0 Å². The molecule has 0 amide bonds. The van der Waals surface area contributed by atoms with E-state index >= 15 is 0 Å². The zero-order valence-corrected chi connectivity index (χ0v) is 11.4. The largest absolute Gasteiger partial charge is 0.495 e. The fourth-order valence-electron chi connectivity index (χ4n) is 2.15. The van der Waals surface area contributed by atoms with Crippen molar-refractivity contribution in [2.45, 2.75) is 0 Å². The molecule has 5 heteroatoms. The van der Waals surface area contributed by atoms with Gasteiger partial charge in [0.05, 0.1) is 24.0 Å². The molecule has 4 nitrogen and oxygen atoms in total. The van der Waals surface area contributed by atoms with E-state index in [0.29, 0.717) is 11.4 Å². The molecule has 0 spiro atoms. The van der Waals surface area contributed by atoms with E-state index in [2.05, 4.69) is 10.3 Å². The number of aromatic nitrogens is 1. The van der Waals surface area contributed by atoms with Gasteiger partial charge in [-0.05, 0) is 24.3 Å². The van der Waals surface area contributed by atoms with Crippen LogP contribution < -0.4 is 15.8 Å². The Bertz CT molecular complexity index is 805. The van der Waals surface area contributed by atoms with Crippen LogP contribution in [0.2, 0.25) is 0 Å². The first-order valence-electron chi connectivity index (χ1n) is 6.42. The Morgan fingerprint density at radius 2 is 2.05 bits per heavy atom. The van der Waals surface area contributed by atoms with Gasteiger partial charge in [0.2, 0.25) is 0 Å². The number of benzene rings is 2. The first-order chi connectivity index (χ1) is 10.2.